The monoisotopic (exact) mass is 255 g/mol. The zero-order valence-electron chi connectivity index (χ0n) is 12.5. The molecule has 1 rings (SSSR count). The van der Waals surface area contributed by atoms with Crippen molar-refractivity contribution < 1.29 is 4.79 Å². The number of likely N-dealkylation sites (tertiary alicyclic amines) is 1. The Kier molecular flexibility index (Phi) is 5.17. The molecule has 1 heterocycles. The van der Waals surface area contributed by atoms with Gasteiger partial charge in [0.05, 0.1) is 0 Å². The molecule has 0 aromatic carbocycles. The van der Waals surface area contributed by atoms with Gasteiger partial charge in [0.2, 0.25) is 5.91 Å². The molecule has 0 bridgehead atoms. The first-order valence-electron chi connectivity index (χ1n) is 7.02. The molecule has 106 valence electrons. The first-order chi connectivity index (χ1) is 8.25. The maximum atomic E-state index is 11.1. The van der Waals surface area contributed by atoms with E-state index in [1.54, 1.807) is 6.92 Å². The third kappa shape index (κ3) is 3.95. The van der Waals surface area contributed by atoms with E-state index >= 15 is 0 Å². The molecule has 1 amide bonds. The number of nitrogens with two attached hydrogens (primary N) is 1. The normalized spacial score (nSPS) is 24.9. The summed E-state index contributed by atoms with van der Waals surface area (Å²) < 4.78 is 0. The van der Waals surface area contributed by atoms with Crippen LogP contribution in [0.4, 0.5) is 0 Å². The van der Waals surface area contributed by atoms with E-state index in [0.29, 0.717) is 6.04 Å². The summed E-state index contributed by atoms with van der Waals surface area (Å²) >= 11 is 0. The number of hydrogen-bond donors (Lipinski definition) is 2. The highest BCUT2D eigenvalue weighted by molar-refractivity contribution is 5.73. The molecule has 0 radical (unpaired) electrons. The molecule has 0 aliphatic carbocycles. The second-order valence-electron chi connectivity index (χ2n) is 6.56. The van der Waals surface area contributed by atoms with Crippen LogP contribution in [0.1, 0.15) is 47.5 Å². The van der Waals surface area contributed by atoms with E-state index in [1.807, 2.05) is 0 Å². The molecule has 0 aromatic rings. The van der Waals surface area contributed by atoms with Gasteiger partial charge < -0.3 is 11.1 Å². The van der Waals surface area contributed by atoms with E-state index in [4.69, 9.17) is 5.73 Å². The van der Waals surface area contributed by atoms with Gasteiger partial charge in [0.15, 0.2) is 0 Å². The largest absolute Gasteiger partial charge is 0.352 e. The van der Waals surface area contributed by atoms with E-state index in [1.165, 1.54) is 0 Å². The topological polar surface area (TPSA) is 58.4 Å². The molecular formula is C14H29N3O. The van der Waals surface area contributed by atoms with Gasteiger partial charge in [0, 0.05) is 38.1 Å². The fraction of sp³-hybridized carbons (Fsp3) is 0.929. The summed E-state index contributed by atoms with van der Waals surface area (Å²) in [5.74, 6) is 0.0638. The standard InChI is InChI=1S/C14H29N3O/c1-6-12(15)13(14(3,4)5)17-8-7-11(9-17)16-10(2)18/h11-13H,6-9,15H2,1-5H3,(H,16,18). The number of rotatable bonds is 4. The van der Waals surface area contributed by atoms with Crippen LogP contribution in [0.15, 0.2) is 0 Å². The van der Waals surface area contributed by atoms with E-state index in [0.717, 1.165) is 25.9 Å². The van der Waals surface area contributed by atoms with Gasteiger partial charge in [-0.2, -0.15) is 0 Å². The summed E-state index contributed by atoms with van der Waals surface area (Å²) in [6.07, 6.45) is 2.02. The number of hydrogen-bond acceptors (Lipinski definition) is 3. The summed E-state index contributed by atoms with van der Waals surface area (Å²) in [4.78, 5) is 13.6. The van der Waals surface area contributed by atoms with Gasteiger partial charge in [0.1, 0.15) is 0 Å². The number of nitrogens with zero attached hydrogens (tertiary/aromatic N) is 1. The predicted molar refractivity (Wildman–Crippen MR) is 75.3 cm³/mol. The van der Waals surface area contributed by atoms with Crippen molar-refractivity contribution in [2.45, 2.75) is 65.6 Å². The molecule has 1 aliphatic rings. The van der Waals surface area contributed by atoms with Crippen LogP contribution in [0.5, 0.6) is 0 Å². The summed E-state index contributed by atoms with van der Waals surface area (Å²) in [5, 5.41) is 3.01. The minimum Gasteiger partial charge on any atom is -0.352 e. The summed E-state index contributed by atoms with van der Waals surface area (Å²) in [6, 6.07) is 0.860. The predicted octanol–water partition coefficient (Wildman–Crippen LogP) is 1.35. The number of nitrogens with one attached hydrogen (secondary N) is 1. The van der Waals surface area contributed by atoms with Crippen LogP contribution in [0, 0.1) is 5.41 Å². The molecule has 1 aliphatic heterocycles. The highest BCUT2D eigenvalue weighted by Gasteiger charge is 2.38. The Morgan fingerprint density at radius 2 is 2.11 bits per heavy atom. The molecule has 3 atom stereocenters. The van der Waals surface area contributed by atoms with Crippen molar-refractivity contribution in [3.63, 3.8) is 0 Å². The van der Waals surface area contributed by atoms with E-state index in [2.05, 4.69) is 37.9 Å². The molecule has 0 aromatic heterocycles. The minimum atomic E-state index is 0.0638. The lowest BCUT2D eigenvalue weighted by Gasteiger charge is -2.41. The maximum absolute atomic E-state index is 11.1. The second-order valence-corrected chi connectivity index (χ2v) is 6.56. The van der Waals surface area contributed by atoms with Crippen molar-refractivity contribution in [1.82, 2.24) is 10.2 Å². The zero-order chi connectivity index (χ0) is 13.9. The quantitative estimate of drug-likeness (QED) is 0.797. The van der Waals surface area contributed by atoms with Gasteiger partial charge in [-0.1, -0.05) is 27.7 Å². The molecule has 4 nitrogen and oxygen atoms in total. The van der Waals surface area contributed by atoms with Gasteiger partial charge >= 0.3 is 0 Å². The Morgan fingerprint density at radius 1 is 1.50 bits per heavy atom. The van der Waals surface area contributed by atoms with Gasteiger partial charge in [0.25, 0.3) is 0 Å². The van der Waals surface area contributed by atoms with Crippen molar-refractivity contribution in [3.8, 4) is 0 Å². The summed E-state index contributed by atoms with van der Waals surface area (Å²) in [7, 11) is 0. The Balaban J connectivity index is 2.69. The van der Waals surface area contributed by atoms with Crippen molar-refractivity contribution in [2.24, 2.45) is 11.1 Å². The van der Waals surface area contributed by atoms with Crippen LogP contribution in [-0.2, 0) is 4.79 Å². The molecular weight excluding hydrogens is 226 g/mol. The smallest absolute Gasteiger partial charge is 0.217 e. The van der Waals surface area contributed by atoms with Crippen molar-refractivity contribution in [2.75, 3.05) is 13.1 Å². The molecule has 4 heteroatoms. The number of carbonyl (C=O) groups is 1. The molecule has 0 saturated carbocycles. The average Bonchev–Trinajstić information content (AvgIpc) is 2.62. The fourth-order valence-electron chi connectivity index (χ4n) is 3.13. The maximum Gasteiger partial charge on any atom is 0.217 e. The third-order valence-electron chi connectivity index (χ3n) is 3.78. The van der Waals surface area contributed by atoms with Crippen LogP contribution in [-0.4, -0.2) is 42.0 Å². The fourth-order valence-corrected chi connectivity index (χ4v) is 3.13. The Hall–Kier alpha value is -0.610. The third-order valence-corrected chi connectivity index (χ3v) is 3.78. The lowest BCUT2D eigenvalue weighted by molar-refractivity contribution is -0.119. The molecule has 0 spiro atoms. The second kappa shape index (κ2) is 6.02. The summed E-state index contributed by atoms with van der Waals surface area (Å²) in [6.45, 7) is 12.4. The van der Waals surface area contributed by atoms with Gasteiger partial charge in [-0.3, -0.25) is 9.69 Å². The number of carbonyl (C=O) groups excluding carboxylic acids is 1. The SMILES string of the molecule is CCC(N)C(N1CCC(NC(C)=O)C1)C(C)(C)C. The molecule has 1 saturated heterocycles. The highest BCUT2D eigenvalue weighted by atomic mass is 16.1. The molecule has 1 fully saturated rings. The van der Waals surface area contributed by atoms with Crippen molar-refractivity contribution in [1.29, 1.82) is 0 Å². The van der Waals surface area contributed by atoms with Gasteiger partial charge in [-0.15, -0.1) is 0 Å². The van der Waals surface area contributed by atoms with Gasteiger partial charge in [-0.05, 0) is 18.3 Å². The van der Waals surface area contributed by atoms with Crippen molar-refractivity contribution in [3.05, 3.63) is 0 Å². The molecule has 3 unspecified atom stereocenters. The highest BCUT2D eigenvalue weighted by Crippen LogP contribution is 2.30. The number of amides is 1. The Bertz CT molecular complexity index is 285. The van der Waals surface area contributed by atoms with Crippen molar-refractivity contribution >= 4 is 5.91 Å². The van der Waals surface area contributed by atoms with Crippen LogP contribution in [0.3, 0.4) is 0 Å². The zero-order valence-corrected chi connectivity index (χ0v) is 12.5. The van der Waals surface area contributed by atoms with E-state index in [-0.39, 0.29) is 23.4 Å². The van der Waals surface area contributed by atoms with Crippen LogP contribution >= 0.6 is 0 Å². The molecule has 18 heavy (non-hydrogen) atoms. The average molecular weight is 255 g/mol. The lowest BCUT2D eigenvalue weighted by Crippen LogP contribution is -2.54. The lowest BCUT2D eigenvalue weighted by atomic mass is 9.80. The van der Waals surface area contributed by atoms with E-state index in [9.17, 15) is 4.79 Å². The van der Waals surface area contributed by atoms with Crippen LogP contribution < -0.4 is 11.1 Å². The Labute approximate surface area is 111 Å². The molecule has 3 N–H and O–H groups in total. The first kappa shape index (κ1) is 15.4. The van der Waals surface area contributed by atoms with E-state index < -0.39 is 0 Å². The minimum absolute atomic E-state index is 0.0638. The summed E-state index contributed by atoms with van der Waals surface area (Å²) in [5.41, 5.74) is 6.47. The van der Waals surface area contributed by atoms with Crippen LogP contribution in [0.25, 0.3) is 0 Å². The van der Waals surface area contributed by atoms with Gasteiger partial charge in [-0.25, -0.2) is 0 Å². The first-order valence-corrected chi connectivity index (χ1v) is 7.02. The van der Waals surface area contributed by atoms with Crippen LogP contribution in [0.2, 0.25) is 0 Å². The Morgan fingerprint density at radius 3 is 2.56 bits per heavy atom.